The summed E-state index contributed by atoms with van der Waals surface area (Å²) in [5.74, 6) is -0.845. The van der Waals surface area contributed by atoms with E-state index in [9.17, 15) is 18.4 Å². The molecular weight excluding hydrogens is 368 g/mol. The minimum absolute atomic E-state index is 0.158. The van der Waals surface area contributed by atoms with E-state index in [1.54, 1.807) is 11.0 Å². The molecule has 28 heavy (non-hydrogen) atoms. The van der Waals surface area contributed by atoms with Gasteiger partial charge in [0.2, 0.25) is 5.91 Å². The summed E-state index contributed by atoms with van der Waals surface area (Å²) in [5, 5.41) is 2.71. The number of amides is 2. The molecule has 1 N–H and O–H groups in total. The molecule has 0 spiro atoms. The fourth-order valence-electron chi connectivity index (χ4n) is 2.89. The molecule has 0 saturated carbocycles. The molecule has 8 heteroatoms. The Labute approximate surface area is 161 Å². The summed E-state index contributed by atoms with van der Waals surface area (Å²) in [6.45, 7) is 2.11. The predicted molar refractivity (Wildman–Crippen MR) is 99.9 cm³/mol. The third kappa shape index (κ3) is 5.75. The normalized spacial score (nSPS) is 14.6. The lowest BCUT2D eigenvalue weighted by molar-refractivity contribution is -0.135. The number of nitrogens with one attached hydrogen (secondary N) is 1. The van der Waals surface area contributed by atoms with Crippen LogP contribution >= 0.6 is 0 Å². The molecule has 1 aliphatic rings. The van der Waals surface area contributed by atoms with Crippen LogP contribution in [0.5, 0.6) is 5.75 Å². The van der Waals surface area contributed by atoms with Crippen LogP contribution in [0.25, 0.3) is 0 Å². The van der Waals surface area contributed by atoms with E-state index in [1.807, 2.05) is 4.90 Å². The van der Waals surface area contributed by atoms with Crippen molar-refractivity contribution in [3.05, 3.63) is 60.2 Å². The molecule has 0 atom stereocenters. The number of nitrogens with zero attached hydrogens (tertiary/aromatic N) is 2. The second-order valence-corrected chi connectivity index (χ2v) is 6.46. The Hall–Kier alpha value is -3.00. The first kappa shape index (κ1) is 19.8. The van der Waals surface area contributed by atoms with Crippen LogP contribution in [-0.4, -0.2) is 60.9 Å². The van der Waals surface area contributed by atoms with Crippen LogP contribution in [-0.2, 0) is 9.59 Å². The summed E-state index contributed by atoms with van der Waals surface area (Å²) in [6, 6.07) is 11.2. The predicted octanol–water partition coefficient (Wildman–Crippen LogP) is 2.13. The standard InChI is InChI=1S/C20H21F2N3O3/c21-15-4-6-17(7-5-15)23-19(26)13-24-8-10-25(11-9-24)20(27)14-28-18-3-1-2-16(22)12-18/h1-7,12H,8-11,13-14H2,(H,23,26). The fraction of sp³-hybridized carbons (Fsp3) is 0.300. The molecule has 6 nitrogen and oxygen atoms in total. The molecule has 1 fully saturated rings. The zero-order valence-electron chi connectivity index (χ0n) is 15.2. The molecular formula is C20H21F2N3O3. The van der Waals surface area contributed by atoms with E-state index < -0.39 is 5.82 Å². The zero-order valence-corrected chi connectivity index (χ0v) is 15.2. The van der Waals surface area contributed by atoms with Crippen LogP contribution in [0, 0.1) is 11.6 Å². The maximum atomic E-state index is 13.1. The van der Waals surface area contributed by atoms with Gasteiger partial charge in [-0.15, -0.1) is 0 Å². The number of hydrogen-bond acceptors (Lipinski definition) is 4. The Kier molecular flexibility index (Phi) is 6.54. The summed E-state index contributed by atoms with van der Waals surface area (Å²) in [5.41, 5.74) is 0.537. The van der Waals surface area contributed by atoms with E-state index in [0.717, 1.165) is 0 Å². The molecule has 2 aromatic carbocycles. The van der Waals surface area contributed by atoms with Crippen LogP contribution in [0.15, 0.2) is 48.5 Å². The topological polar surface area (TPSA) is 61.9 Å². The maximum Gasteiger partial charge on any atom is 0.260 e. The van der Waals surface area contributed by atoms with Crippen LogP contribution in [0.1, 0.15) is 0 Å². The zero-order chi connectivity index (χ0) is 19.9. The Bertz CT molecular complexity index is 822. The molecule has 3 rings (SSSR count). The third-order valence-corrected chi connectivity index (χ3v) is 4.38. The molecule has 1 heterocycles. The number of halogens is 2. The highest BCUT2D eigenvalue weighted by Crippen LogP contribution is 2.12. The summed E-state index contributed by atoms with van der Waals surface area (Å²) >= 11 is 0. The van der Waals surface area contributed by atoms with Crippen LogP contribution in [0.3, 0.4) is 0 Å². The molecule has 1 aliphatic heterocycles. The number of hydrogen-bond donors (Lipinski definition) is 1. The Morgan fingerprint density at radius 3 is 2.36 bits per heavy atom. The molecule has 0 unspecified atom stereocenters. The van der Waals surface area contributed by atoms with E-state index in [0.29, 0.717) is 37.6 Å². The second-order valence-electron chi connectivity index (χ2n) is 6.46. The number of ether oxygens (including phenoxy) is 1. The Morgan fingerprint density at radius 2 is 1.68 bits per heavy atom. The number of rotatable bonds is 6. The van der Waals surface area contributed by atoms with E-state index in [-0.39, 0.29) is 30.8 Å². The van der Waals surface area contributed by atoms with Crippen molar-refractivity contribution in [2.75, 3.05) is 44.6 Å². The average molecular weight is 389 g/mol. The summed E-state index contributed by atoms with van der Waals surface area (Å²) in [4.78, 5) is 27.9. The summed E-state index contributed by atoms with van der Waals surface area (Å²) < 4.78 is 31.3. The number of carbonyl (C=O) groups excluding carboxylic acids is 2. The largest absolute Gasteiger partial charge is 0.484 e. The number of benzene rings is 2. The molecule has 2 amide bonds. The minimum Gasteiger partial charge on any atom is -0.484 e. The van der Waals surface area contributed by atoms with Crippen molar-refractivity contribution in [2.45, 2.75) is 0 Å². The molecule has 0 bridgehead atoms. The van der Waals surface area contributed by atoms with E-state index in [1.165, 1.54) is 42.5 Å². The van der Waals surface area contributed by atoms with Gasteiger partial charge in [0.1, 0.15) is 17.4 Å². The van der Waals surface area contributed by atoms with Gasteiger partial charge in [0.15, 0.2) is 6.61 Å². The lowest BCUT2D eigenvalue weighted by Crippen LogP contribution is -2.51. The lowest BCUT2D eigenvalue weighted by atomic mass is 10.3. The highest BCUT2D eigenvalue weighted by Gasteiger charge is 2.22. The first-order chi connectivity index (χ1) is 13.5. The molecule has 1 saturated heterocycles. The lowest BCUT2D eigenvalue weighted by Gasteiger charge is -2.34. The Morgan fingerprint density at radius 1 is 0.964 bits per heavy atom. The van der Waals surface area contributed by atoms with Crippen LogP contribution < -0.4 is 10.1 Å². The monoisotopic (exact) mass is 389 g/mol. The van der Waals surface area contributed by atoms with Gasteiger partial charge in [-0.05, 0) is 36.4 Å². The van der Waals surface area contributed by atoms with Crippen LogP contribution in [0.2, 0.25) is 0 Å². The number of anilines is 1. The van der Waals surface area contributed by atoms with Crippen molar-refractivity contribution in [2.24, 2.45) is 0 Å². The molecule has 0 radical (unpaired) electrons. The molecule has 2 aromatic rings. The van der Waals surface area contributed by atoms with Crippen molar-refractivity contribution < 1.29 is 23.1 Å². The first-order valence-corrected chi connectivity index (χ1v) is 8.93. The first-order valence-electron chi connectivity index (χ1n) is 8.93. The summed E-state index contributed by atoms with van der Waals surface area (Å²) in [7, 11) is 0. The van der Waals surface area contributed by atoms with Crippen molar-refractivity contribution >= 4 is 17.5 Å². The van der Waals surface area contributed by atoms with Gasteiger partial charge in [0.05, 0.1) is 6.54 Å². The van der Waals surface area contributed by atoms with Gasteiger partial charge < -0.3 is 15.0 Å². The Balaban J connectivity index is 1.39. The molecule has 148 valence electrons. The average Bonchev–Trinajstić information content (AvgIpc) is 2.68. The quantitative estimate of drug-likeness (QED) is 0.822. The molecule has 0 aromatic heterocycles. The van der Waals surface area contributed by atoms with Gasteiger partial charge in [-0.1, -0.05) is 6.07 Å². The maximum absolute atomic E-state index is 13.1. The van der Waals surface area contributed by atoms with Gasteiger partial charge in [0.25, 0.3) is 5.91 Å². The van der Waals surface area contributed by atoms with Gasteiger partial charge in [-0.3, -0.25) is 14.5 Å². The highest BCUT2D eigenvalue weighted by molar-refractivity contribution is 5.92. The second kappa shape index (κ2) is 9.27. The van der Waals surface area contributed by atoms with E-state index >= 15 is 0 Å². The summed E-state index contributed by atoms with van der Waals surface area (Å²) in [6.07, 6.45) is 0. The van der Waals surface area contributed by atoms with Crippen molar-refractivity contribution in [1.29, 1.82) is 0 Å². The van der Waals surface area contributed by atoms with Crippen molar-refractivity contribution in [3.8, 4) is 5.75 Å². The van der Waals surface area contributed by atoms with Crippen molar-refractivity contribution in [1.82, 2.24) is 9.80 Å². The third-order valence-electron chi connectivity index (χ3n) is 4.38. The highest BCUT2D eigenvalue weighted by atomic mass is 19.1. The minimum atomic E-state index is -0.419. The van der Waals surface area contributed by atoms with E-state index in [2.05, 4.69) is 5.32 Å². The van der Waals surface area contributed by atoms with E-state index in [4.69, 9.17) is 4.74 Å². The SMILES string of the molecule is O=C(CN1CCN(C(=O)COc2cccc(F)c2)CC1)Nc1ccc(F)cc1. The fourth-order valence-corrected chi connectivity index (χ4v) is 2.89. The smallest absolute Gasteiger partial charge is 0.260 e. The molecule has 0 aliphatic carbocycles. The number of piperazine rings is 1. The van der Waals surface area contributed by atoms with Gasteiger partial charge in [-0.2, -0.15) is 0 Å². The van der Waals surface area contributed by atoms with Gasteiger partial charge in [0, 0.05) is 37.9 Å². The van der Waals surface area contributed by atoms with Gasteiger partial charge >= 0.3 is 0 Å². The van der Waals surface area contributed by atoms with Gasteiger partial charge in [-0.25, -0.2) is 8.78 Å². The van der Waals surface area contributed by atoms with Crippen LogP contribution in [0.4, 0.5) is 14.5 Å². The van der Waals surface area contributed by atoms with Crippen molar-refractivity contribution in [3.63, 3.8) is 0 Å². The number of carbonyl (C=O) groups is 2.